The quantitative estimate of drug-likeness (QED) is 0.756. The molecule has 0 N–H and O–H groups in total. The maximum Gasteiger partial charge on any atom is 0.0642 e. The molecule has 0 radical (unpaired) electrons. The van der Waals surface area contributed by atoms with Crippen LogP contribution >= 0.6 is 23.2 Å². The van der Waals surface area contributed by atoms with Gasteiger partial charge in [0.25, 0.3) is 0 Å². The first kappa shape index (κ1) is 12.0. The van der Waals surface area contributed by atoms with Gasteiger partial charge < -0.3 is 9.64 Å². The molecule has 1 aliphatic heterocycles. The van der Waals surface area contributed by atoms with Gasteiger partial charge in [0.1, 0.15) is 0 Å². The van der Waals surface area contributed by atoms with Crippen molar-refractivity contribution in [3.63, 3.8) is 0 Å². The summed E-state index contributed by atoms with van der Waals surface area (Å²) in [6, 6.07) is 6.01. The highest BCUT2D eigenvalue weighted by atomic mass is 35.5. The Hall–Kier alpha value is -0.440. The predicted octanol–water partition coefficient (Wildman–Crippen LogP) is 3.31. The van der Waals surface area contributed by atoms with Gasteiger partial charge in [-0.1, -0.05) is 17.7 Å². The van der Waals surface area contributed by atoms with Crippen molar-refractivity contribution in [1.82, 2.24) is 0 Å². The molecule has 0 unspecified atom stereocenters. The number of anilines is 1. The minimum absolute atomic E-state index is 0.503. The minimum Gasteiger partial charge on any atom is -0.380 e. The molecule has 0 spiro atoms. The smallest absolute Gasteiger partial charge is 0.0642 e. The monoisotopic (exact) mass is 259 g/mol. The summed E-state index contributed by atoms with van der Waals surface area (Å²) < 4.78 is 5.43. The zero-order valence-corrected chi connectivity index (χ0v) is 10.6. The number of alkyl halides is 1. The molecule has 0 atom stereocenters. The maximum atomic E-state index is 6.25. The van der Waals surface area contributed by atoms with E-state index in [-0.39, 0.29) is 0 Å². The van der Waals surface area contributed by atoms with Gasteiger partial charge >= 0.3 is 0 Å². The van der Waals surface area contributed by atoms with Gasteiger partial charge in [-0.3, -0.25) is 0 Å². The van der Waals surface area contributed by atoms with Gasteiger partial charge in [0, 0.05) is 25.6 Å². The zero-order valence-electron chi connectivity index (χ0n) is 9.09. The van der Waals surface area contributed by atoms with Gasteiger partial charge in [0.2, 0.25) is 0 Å². The zero-order chi connectivity index (χ0) is 11.4. The second kappa shape index (κ2) is 5.76. The Bertz CT molecular complexity index is 349. The normalized spacial score (nSPS) is 17.2. The lowest BCUT2D eigenvalue weighted by Crippen LogP contribution is -2.26. The largest absolute Gasteiger partial charge is 0.380 e. The van der Waals surface area contributed by atoms with Crippen LogP contribution in [0.25, 0.3) is 0 Å². The maximum absolute atomic E-state index is 6.25. The van der Waals surface area contributed by atoms with Crippen molar-refractivity contribution in [3.05, 3.63) is 28.8 Å². The lowest BCUT2D eigenvalue weighted by Gasteiger charge is -2.23. The first-order valence-corrected chi connectivity index (χ1v) is 6.39. The summed E-state index contributed by atoms with van der Waals surface area (Å²) in [5.41, 5.74) is 2.14. The third-order valence-electron chi connectivity index (χ3n) is 2.73. The van der Waals surface area contributed by atoms with Crippen LogP contribution in [0, 0.1) is 0 Å². The summed E-state index contributed by atoms with van der Waals surface area (Å²) in [5.74, 6) is 0.503. The molecule has 88 valence electrons. The van der Waals surface area contributed by atoms with Crippen molar-refractivity contribution in [2.24, 2.45) is 0 Å². The Labute approximate surface area is 106 Å². The number of benzene rings is 1. The number of rotatable bonds is 2. The molecule has 1 aromatic carbocycles. The minimum atomic E-state index is 0.503. The third kappa shape index (κ3) is 2.82. The van der Waals surface area contributed by atoms with Crippen molar-refractivity contribution < 1.29 is 4.74 Å². The Morgan fingerprint density at radius 2 is 2.12 bits per heavy atom. The van der Waals surface area contributed by atoms with Crippen LogP contribution in [0.5, 0.6) is 0 Å². The highest BCUT2D eigenvalue weighted by molar-refractivity contribution is 6.33. The topological polar surface area (TPSA) is 12.5 Å². The van der Waals surface area contributed by atoms with Crippen LogP contribution in [0.2, 0.25) is 5.02 Å². The fraction of sp³-hybridized carbons (Fsp3) is 0.500. The second-order valence-corrected chi connectivity index (χ2v) is 4.55. The summed E-state index contributed by atoms with van der Waals surface area (Å²) in [6.45, 7) is 3.52. The molecule has 1 heterocycles. The van der Waals surface area contributed by atoms with E-state index in [9.17, 15) is 0 Å². The predicted molar refractivity (Wildman–Crippen MR) is 68.7 cm³/mol. The SMILES string of the molecule is ClCc1ccc(N2CCCOCC2)c(Cl)c1. The summed E-state index contributed by atoms with van der Waals surface area (Å²) in [6.07, 6.45) is 1.05. The molecule has 1 fully saturated rings. The van der Waals surface area contributed by atoms with E-state index in [0.29, 0.717) is 5.88 Å². The summed E-state index contributed by atoms with van der Waals surface area (Å²) in [5, 5.41) is 0.778. The van der Waals surface area contributed by atoms with E-state index in [1.54, 1.807) is 0 Å². The number of hydrogen-bond donors (Lipinski definition) is 0. The average molecular weight is 260 g/mol. The molecule has 0 aromatic heterocycles. The summed E-state index contributed by atoms with van der Waals surface area (Å²) >= 11 is 12.0. The summed E-state index contributed by atoms with van der Waals surface area (Å²) in [4.78, 5) is 2.27. The van der Waals surface area contributed by atoms with Crippen molar-refractivity contribution in [2.45, 2.75) is 12.3 Å². The third-order valence-corrected chi connectivity index (χ3v) is 3.34. The molecule has 1 saturated heterocycles. The van der Waals surface area contributed by atoms with Gasteiger partial charge in [0.05, 0.1) is 17.3 Å². The number of nitrogens with zero attached hydrogens (tertiary/aromatic N) is 1. The van der Waals surface area contributed by atoms with Gasteiger partial charge in [0.15, 0.2) is 0 Å². The van der Waals surface area contributed by atoms with E-state index < -0.39 is 0 Å². The molecule has 16 heavy (non-hydrogen) atoms. The van der Waals surface area contributed by atoms with Crippen LogP contribution in [-0.2, 0) is 10.6 Å². The van der Waals surface area contributed by atoms with E-state index in [0.717, 1.165) is 49.0 Å². The molecule has 4 heteroatoms. The fourth-order valence-corrected chi connectivity index (χ4v) is 2.37. The van der Waals surface area contributed by atoms with Gasteiger partial charge in [-0.2, -0.15) is 0 Å². The molecular weight excluding hydrogens is 245 g/mol. The van der Waals surface area contributed by atoms with E-state index in [4.69, 9.17) is 27.9 Å². The molecule has 2 nitrogen and oxygen atoms in total. The van der Waals surface area contributed by atoms with Crippen LogP contribution in [0.1, 0.15) is 12.0 Å². The van der Waals surface area contributed by atoms with Gasteiger partial charge in [-0.25, -0.2) is 0 Å². The highest BCUT2D eigenvalue weighted by Crippen LogP contribution is 2.28. The Morgan fingerprint density at radius 1 is 1.25 bits per heavy atom. The molecule has 0 amide bonds. The Balaban J connectivity index is 2.18. The fourth-order valence-electron chi connectivity index (χ4n) is 1.88. The van der Waals surface area contributed by atoms with Crippen molar-refractivity contribution in [2.75, 3.05) is 31.2 Å². The van der Waals surface area contributed by atoms with E-state index in [2.05, 4.69) is 4.90 Å². The Morgan fingerprint density at radius 3 is 2.88 bits per heavy atom. The second-order valence-electron chi connectivity index (χ2n) is 3.87. The molecule has 0 aliphatic carbocycles. The molecule has 2 rings (SSSR count). The van der Waals surface area contributed by atoms with Crippen LogP contribution in [0.3, 0.4) is 0 Å². The van der Waals surface area contributed by atoms with Crippen LogP contribution in [0.4, 0.5) is 5.69 Å². The van der Waals surface area contributed by atoms with Crippen LogP contribution in [-0.4, -0.2) is 26.3 Å². The van der Waals surface area contributed by atoms with Crippen molar-refractivity contribution in [1.29, 1.82) is 0 Å². The van der Waals surface area contributed by atoms with E-state index >= 15 is 0 Å². The van der Waals surface area contributed by atoms with Crippen molar-refractivity contribution >= 4 is 28.9 Å². The molecule has 1 aliphatic rings. The van der Waals surface area contributed by atoms with Crippen LogP contribution < -0.4 is 4.90 Å². The average Bonchev–Trinajstić information content (AvgIpc) is 2.57. The summed E-state index contributed by atoms with van der Waals surface area (Å²) in [7, 11) is 0. The van der Waals surface area contributed by atoms with E-state index in [1.807, 2.05) is 18.2 Å². The lowest BCUT2D eigenvalue weighted by atomic mass is 10.2. The Kier molecular flexibility index (Phi) is 4.33. The van der Waals surface area contributed by atoms with Gasteiger partial charge in [-0.15, -0.1) is 11.6 Å². The van der Waals surface area contributed by atoms with Gasteiger partial charge in [-0.05, 0) is 24.1 Å². The first-order valence-electron chi connectivity index (χ1n) is 5.48. The van der Waals surface area contributed by atoms with Crippen LogP contribution in [0.15, 0.2) is 18.2 Å². The highest BCUT2D eigenvalue weighted by Gasteiger charge is 2.13. The molecule has 1 aromatic rings. The number of halogens is 2. The van der Waals surface area contributed by atoms with E-state index in [1.165, 1.54) is 0 Å². The number of hydrogen-bond acceptors (Lipinski definition) is 2. The lowest BCUT2D eigenvalue weighted by molar-refractivity contribution is 0.152. The standard InChI is InChI=1S/C12H15Cl2NO/c13-9-10-2-3-12(11(14)8-10)15-4-1-6-16-7-5-15/h2-3,8H,1,4-7,9H2. The molecule has 0 saturated carbocycles. The molecular formula is C12H15Cl2NO. The molecule has 0 bridgehead atoms. The van der Waals surface area contributed by atoms with Crippen molar-refractivity contribution in [3.8, 4) is 0 Å². The first-order chi connectivity index (χ1) is 7.81. The number of ether oxygens (including phenoxy) is 1.